The second kappa shape index (κ2) is 6.56. The Hall–Kier alpha value is -1.33. The molecule has 2 aromatic rings. The third-order valence-corrected chi connectivity index (χ3v) is 3.71. The second-order valence-corrected chi connectivity index (χ2v) is 5.16. The number of nitrogens with one attached hydrogen (secondary N) is 1. The Morgan fingerprint density at radius 2 is 2.22 bits per heavy atom. The van der Waals surface area contributed by atoms with Gasteiger partial charge in [0.25, 0.3) is 0 Å². The summed E-state index contributed by atoms with van der Waals surface area (Å²) < 4.78 is 0. The monoisotopic (exact) mass is 262 g/mol. The lowest BCUT2D eigenvalue weighted by Crippen LogP contribution is -2.14. The topological polar surface area (TPSA) is 50.7 Å². The minimum absolute atomic E-state index is 0.971. The lowest BCUT2D eigenvalue weighted by Gasteiger charge is -1.99. The van der Waals surface area contributed by atoms with Crippen LogP contribution in [0.2, 0.25) is 0 Å². The number of pyridine rings is 1. The molecule has 0 saturated carbocycles. The van der Waals surface area contributed by atoms with E-state index in [1.165, 1.54) is 0 Å². The number of rotatable bonds is 6. The summed E-state index contributed by atoms with van der Waals surface area (Å²) >= 11 is 1.67. The van der Waals surface area contributed by atoms with Crippen LogP contribution in [-0.4, -0.2) is 28.3 Å². The van der Waals surface area contributed by atoms with Crippen LogP contribution >= 0.6 is 11.3 Å². The van der Waals surface area contributed by atoms with Gasteiger partial charge in [-0.3, -0.25) is 4.98 Å². The highest BCUT2D eigenvalue weighted by molar-refractivity contribution is 7.14. The molecule has 2 heterocycles. The highest BCUT2D eigenvalue weighted by Crippen LogP contribution is 2.25. The molecule has 0 fully saturated rings. The summed E-state index contributed by atoms with van der Waals surface area (Å²) in [5.74, 6) is 0. The Morgan fingerprint density at radius 3 is 3.00 bits per heavy atom. The van der Waals surface area contributed by atoms with Crippen LogP contribution in [0.15, 0.2) is 18.3 Å². The summed E-state index contributed by atoms with van der Waals surface area (Å²) in [4.78, 5) is 4.28. The molecule has 4 nitrogen and oxygen atoms in total. The first-order chi connectivity index (χ1) is 8.81. The fourth-order valence-electron chi connectivity index (χ4n) is 1.72. The van der Waals surface area contributed by atoms with Crippen LogP contribution in [-0.2, 0) is 6.42 Å². The number of aryl methyl sites for hydroxylation is 2. The average molecular weight is 262 g/mol. The van der Waals surface area contributed by atoms with Crippen LogP contribution in [0.3, 0.4) is 0 Å². The molecule has 2 rings (SSSR count). The number of nitrogens with zero attached hydrogens (tertiary/aromatic N) is 3. The molecule has 0 aliphatic heterocycles. The fourth-order valence-corrected chi connectivity index (χ4v) is 2.67. The predicted molar refractivity (Wildman–Crippen MR) is 74.7 cm³/mol. The van der Waals surface area contributed by atoms with Crippen LogP contribution in [0.25, 0.3) is 10.6 Å². The number of hydrogen-bond donors (Lipinski definition) is 1. The van der Waals surface area contributed by atoms with Crippen LogP contribution < -0.4 is 5.32 Å². The number of aromatic nitrogens is 3. The minimum Gasteiger partial charge on any atom is -0.317 e. The summed E-state index contributed by atoms with van der Waals surface area (Å²) in [7, 11) is 0. The van der Waals surface area contributed by atoms with E-state index in [4.69, 9.17) is 0 Å². The molecule has 0 amide bonds. The van der Waals surface area contributed by atoms with E-state index in [0.29, 0.717) is 0 Å². The lowest BCUT2D eigenvalue weighted by atomic mass is 10.2. The number of hydrogen-bond acceptors (Lipinski definition) is 5. The molecule has 0 aliphatic rings. The molecule has 5 heteroatoms. The third kappa shape index (κ3) is 3.34. The summed E-state index contributed by atoms with van der Waals surface area (Å²) in [6.07, 6.45) is 3.90. The van der Waals surface area contributed by atoms with Gasteiger partial charge >= 0.3 is 0 Å². The molecule has 0 atom stereocenters. The van der Waals surface area contributed by atoms with E-state index < -0.39 is 0 Å². The molecule has 0 saturated heterocycles. The molecule has 0 unspecified atom stereocenters. The van der Waals surface area contributed by atoms with Gasteiger partial charge in [0, 0.05) is 23.9 Å². The van der Waals surface area contributed by atoms with Gasteiger partial charge in [-0.1, -0.05) is 18.3 Å². The van der Waals surface area contributed by atoms with Gasteiger partial charge in [0.1, 0.15) is 10.0 Å². The first kappa shape index (κ1) is 13.1. The highest BCUT2D eigenvalue weighted by atomic mass is 32.1. The van der Waals surface area contributed by atoms with Gasteiger partial charge in [-0.2, -0.15) is 0 Å². The maximum atomic E-state index is 4.28. The summed E-state index contributed by atoms with van der Waals surface area (Å²) in [5, 5.41) is 13.9. The first-order valence-electron chi connectivity index (χ1n) is 6.26. The van der Waals surface area contributed by atoms with Crippen LogP contribution in [0, 0.1) is 6.92 Å². The van der Waals surface area contributed by atoms with Crippen LogP contribution in [0.4, 0.5) is 0 Å². The van der Waals surface area contributed by atoms with Gasteiger partial charge < -0.3 is 5.32 Å². The van der Waals surface area contributed by atoms with Gasteiger partial charge in [-0.15, -0.1) is 10.2 Å². The maximum Gasteiger partial charge on any atom is 0.149 e. The van der Waals surface area contributed by atoms with Gasteiger partial charge in [0.2, 0.25) is 0 Å². The van der Waals surface area contributed by atoms with Crippen LogP contribution in [0.1, 0.15) is 24.0 Å². The van der Waals surface area contributed by atoms with Crippen molar-refractivity contribution in [2.45, 2.75) is 26.7 Å². The summed E-state index contributed by atoms with van der Waals surface area (Å²) in [6, 6.07) is 3.99. The molecule has 0 radical (unpaired) electrons. The predicted octanol–water partition coefficient (Wildman–Crippen LogP) is 2.45. The largest absolute Gasteiger partial charge is 0.317 e. The molecule has 2 aromatic heterocycles. The smallest absolute Gasteiger partial charge is 0.149 e. The Kier molecular flexibility index (Phi) is 4.78. The van der Waals surface area contributed by atoms with E-state index in [2.05, 4.69) is 27.4 Å². The Balaban J connectivity index is 2.00. The van der Waals surface area contributed by atoms with Crippen molar-refractivity contribution in [2.75, 3.05) is 13.1 Å². The van der Waals surface area contributed by atoms with Gasteiger partial charge in [0.15, 0.2) is 0 Å². The lowest BCUT2D eigenvalue weighted by molar-refractivity contribution is 0.669. The summed E-state index contributed by atoms with van der Waals surface area (Å²) in [5.41, 5.74) is 2.10. The molecule has 1 N–H and O–H groups in total. The molecule has 0 aromatic carbocycles. The van der Waals surface area contributed by atoms with E-state index >= 15 is 0 Å². The van der Waals surface area contributed by atoms with Gasteiger partial charge in [-0.25, -0.2) is 0 Å². The Labute approximate surface area is 111 Å². The molecule has 0 spiro atoms. The van der Waals surface area contributed by atoms with Crippen molar-refractivity contribution in [3.05, 3.63) is 29.0 Å². The van der Waals surface area contributed by atoms with Crippen molar-refractivity contribution in [2.24, 2.45) is 0 Å². The van der Waals surface area contributed by atoms with E-state index in [1.807, 2.05) is 19.1 Å². The first-order valence-corrected chi connectivity index (χ1v) is 7.08. The Morgan fingerprint density at radius 1 is 1.33 bits per heavy atom. The minimum atomic E-state index is 0.971. The molecular weight excluding hydrogens is 244 g/mol. The Bertz CT molecular complexity index is 495. The third-order valence-electron chi connectivity index (χ3n) is 2.70. The van der Waals surface area contributed by atoms with Gasteiger partial charge in [0.05, 0.1) is 0 Å². The van der Waals surface area contributed by atoms with E-state index in [-0.39, 0.29) is 0 Å². The zero-order valence-corrected chi connectivity index (χ0v) is 11.6. The molecule has 96 valence electrons. The van der Waals surface area contributed by atoms with Crippen molar-refractivity contribution < 1.29 is 0 Å². The van der Waals surface area contributed by atoms with Crippen molar-refractivity contribution in [3.63, 3.8) is 0 Å². The highest BCUT2D eigenvalue weighted by Gasteiger charge is 2.08. The van der Waals surface area contributed by atoms with Crippen LogP contribution in [0.5, 0.6) is 0 Å². The van der Waals surface area contributed by atoms with E-state index in [1.54, 1.807) is 17.5 Å². The quantitative estimate of drug-likeness (QED) is 0.812. The standard InChI is InChI=1S/C13H18N4S/c1-3-14-8-5-7-12-16-17-13(18-12)11-6-4-9-15-10(11)2/h4,6,9,14H,3,5,7-8H2,1-2H3. The molecular formula is C13H18N4S. The fraction of sp³-hybridized carbons (Fsp3) is 0.462. The normalized spacial score (nSPS) is 10.8. The van der Waals surface area contributed by atoms with Crippen molar-refractivity contribution in [1.29, 1.82) is 0 Å². The molecule has 0 aliphatic carbocycles. The van der Waals surface area contributed by atoms with E-state index in [9.17, 15) is 0 Å². The zero-order valence-electron chi connectivity index (χ0n) is 10.8. The maximum absolute atomic E-state index is 4.28. The zero-order chi connectivity index (χ0) is 12.8. The average Bonchev–Trinajstić information content (AvgIpc) is 2.84. The van der Waals surface area contributed by atoms with E-state index in [0.717, 1.165) is 47.2 Å². The summed E-state index contributed by atoms with van der Waals surface area (Å²) in [6.45, 7) is 6.18. The SMILES string of the molecule is CCNCCCc1nnc(-c2cccnc2C)s1. The van der Waals surface area contributed by atoms with Crippen molar-refractivity contribution >= 4 is 11.3 Å². The second-order valence-electron chi connectivity index (χ2n) is 4.09. The molecule has 0 bridgehead atoms. The molecule has 18 heavy (non-hydrogen) atoms. The van der Waals surface area contributed by atoms with Crippen molar-refractivity contribution in [3.8, 4) is 10.6 Å². The van der Waals surface area contributed by atoms with Gasteiger partial charge in [-0.05, 0) is 38.6 Å². The van der Waals surface area contributed by atoms with Crippen molar-refractivity contribution in [1.82, 2.24) is 20.5 Å².